The van der Waals surface area contributed by atoms with Gasteiger partial charge in [-0.3, -0.25) is 9.69 Å². The van der Waals surface area contributed by atoms with Crippen LogP contribution in [-0.4, -0.2) is 12.6 Å². The third-order valence-corrected chi connectivity index (χ3v) is 3.66. The largest absolute Gasteiger partial charge is 0.507 e. The highest BCUT2D eigenvalue weighted by molar-refractivity contribution is 7.65. The number of fused-ring (bicyclic) bond motifs is 1. The van der Waals surface area contributed by atoms with Crippen LogP contribution in [0.25, 0.3) is 0 Å². The molecule has 3 rings (SSSR count). The smallest absolute Gasteiger partial charge is 0.367 e. The quantitative estimate of drug-likeness (QED) is 0.865. The minimum atomic E-state index is -0.466. The molecular weight excluding hydrogens is 279 g/mol. The van der Waals surface area contributed by atoms with Crippen molar-refractivity contribution in [2.45, 2.75) is 4.90 Å². The summed E-state index contributed by atoms with van der Waals surface area (Å²) in [6.07, 6.45) is 0. The van der Waals surface area contributed by atoms with Gasteiger partial charge in [0.15, 0.2) is 0 Å². The summed E-state index contributed by atoms with van der Waals surface area (Å²) in [6, 6.07) is 10.9. The number of carbonyl (C=O) groups is 1. The van der Waals surface area contributed by atoms with Crippen molar-refractivity contribution in [1.29, 1.82) is 0 Å². The topological polar surface area (TPSA) is 49.4 Å². The zero-order valence-corrected chi connectivity index (χ0v) is 11.1. The van der Waals surface area contributed by atoms with E-state index in [9.17, 15) is 13.4 Å². The summed E-state index contributed by atoms with van der Waals surface area (Å²) in [4.78, 5) is 14.3. The molecule has 0 aliphatic carbocycles. The van der Waals surface area contributed by atoms with Crippen molar-refractivity contribution < 1.29 is 13.4 Å². The van der Waals surface area contributed by atoms with Crippen LogP contribution in [0.1, 0.15) is 10.4 Å². The molecule has 1 N–H and O–H groups in total. The lowest BCUT2D eigenvalue weighted by Gasteiger charge is -2.28. The lowest BCUT2D eigenvalue weighted by atomic mass is 10.1. The molecule has 1 aliphatic heterocycles. The van der Waals surface area contributed by atoms with Gasteiger partial charge < -0.3 is 5.32 Å². The molecule has 0 atom stereocenters. The van der Waals surface area contributed by atoms with E-state index >= 15 is 0 Å². The first kappa shape index (κ1) is 12.7. The second-order valence-corrected chi connectivity index (χ2v) is 4.92. The summed E-state index contributed by atoms with van der Waals surface area (Å²) in [5.74, 6) is -0.785. The first-order valence-corrected chi connectivity index (χ1v) is 6.69. The third kappa shape index (κ3) is 2.04. The number of nitrogens with zero attached hydrogens (tertiary/aromatic N) is 1. The van der Waals surface area contributed by atoms with Crippen LogP contribution in [-0.2, 0) is 15.9 Å². The minimum absolute atomic E-state index is 0.245. The van der Waals surface area contributed by atoms with Gasteiger partial charge in [-0.05, 0) is 24.3 Å². The van der Waals surface area contributed by atoms with Gasteiger partial charge in [-0.1, -0.05) is 12.1 Å². The predicted octanol–water partition coefficient (Wildman–Crippen LogP) is 2.64. The van der Waals surface area contributed by atoms with Gasteiger partial charge >= 0.3 is 16.6 Å². The first-order chi connectivity index (χ1) is 9.70. The van der Waals surface area contributed by atoms with Crippen LogP contribution >= 0.6 is 0 Å². The lowest BCUT2D eigenvalue weighted by molar-refractivity contribution is 0.0985. The number of halogens is 1. The Kier molecular flexibility index (Phi) is 3.15. The van der Waals surface area contributed by atoms with Gasteiger partial charge in [0.1, 0.15) is 11.5 Å². The third-order valence-electron chi connectivity index (χ3n) is 3.13. The van der Waals surface area contributed by atoms with E-state index in [-0.39, 0.29) is 18.1 Å². The fraction of sp³-hybridized carbons (Fsp3) is 0.0714. The van der Waals surface area contributed by atoms with E-state index in [4.69, 9.17) is 0 Å². The standard InChI is InChI=1S/C14H9FN2O2S/c15-9-5-6-11-10(7-9)14(18)17(8-16-11)12-3-1-2-4-13(12)20-19/h1-7H,8H2/p+1. The highest BCUT2D eigenvalue weighted by Gasteiger charge is 2.30. The molecule has 1 amide bonds. The molecule has 0 bridgehead atoms. The molecule has 0 fully saturated rings. The molecule has 0 radical (unpaired) electrons. The number of hydrogen-bond acceptors (Lipinski definition) is 3. The Morgan fingerprint density at radius 2 is 2.00 bits per heavy atom. The Bertz CT molecular complexity index is 705. The molecule has 2 aromatic rings. The summed E-state index contributed by atoms with van der Waals surface area (Å²) in [7, 11) is 0. The van der Waals surface area contributed by atoms with E-state index in [1.807, 2.05) is 0 Å². The van der Waals surface area contributed by atoms with E-state index in [0.717, 1.165) is 0 Å². The molecule has 0 spiro atoms. The molecule has 100 valence electrons. The molecule has 1 heterocycles. The van der Waals surface area contributed by atoms with E-state index in [1.54, 1.807) is 24.3 Å². The molecule has 0 aromatic heterocycles. The maximum atomic E-state index is 13.3. The van der Waals surface area contributed by atoms with Crippen LogP contribution in [0.15, 0.2) is 47.4 Å². The van der Waals surface area contributed by atoms with Crippen molar-refractivity contribution in [2.75, 3.05) is 16.9 Å². The van der Waals surface area contributed by atoms with E-state index in [2.05, 4.69) is 5.32 Å². The Balaban J connectivity index is 2.06. The highest BCUT2D eigenvalue weighted by Crippen LogP contribution is 2.29. The van der Waals surface area contributed by atoms with Crippen LogP contribution in [0.3, 0.4) is 0 Å². The van der Waals surface area contributed by atoms with E-state index in [0.29, 0.717) is 27.9 Å². The number of rotatable bonds is 2. The summed E-state index contributed by atoms with van der Waals surface area (Å²) >= 11 is 0.330. The zero-order valence-electron chi connectivity index (χ0n) is 10.3. The average molecular weight is 289 g/mol. The Labute approximate surface area is 118 Å². The van der Waals surface area contributed by atoms with Gasteiger partial charge in [0.25, 0.3) is 5.91 Å². The predicted molar refractivity (Wildman–Crippen MR) is 74.5 cm³/mol. The monoisotopic (exact) mass is 289 g/mol. The van der Waals surface area contributed by atoms with Crippen molar-refractivity contribution in [3.63, 3.8) is 0 Å². The van der Waals surface area contributed by atoms with Crippen molar-refractivity contribution in [1.82, 2.24) is 0 Å². The highest BCUT2D eigenvalue weighted by atomic mass is 32.1. The van der Waals surface area contributed by atoms with Gasteiger partial charge in [0.2, 0.25) is 0 Å². The molecule has 0 saturated carbocycles. The summed E-state index contributed by atoms with van der Waals surface area (Å²) < 4.78 is 24.4. The van der Waals surface area contributed by atoms with Crippen molar-refractivity contribution in [3.8, 4) is 0 Å². The van der Waals surface area contributed by atoms with Crippen molar-refractivity contribution >= 4 is 28.9 Å². The molecule has 20 heavy (non-hydrogen) atoms. The average Bonchev–Trinajstić information content (AvgIpc) is 2.48. The van der Waals surface area contributed by atoms with Gasteiger partial charge in [-0.25, -0.2) is 4.39 Å². The van der Waals surface area contributed by atoms with Crippen LogP contribution in [0, 0.1) is 5.82 Å². The van der Waals surface area contributed by atoms with Crippen molar-refractivity contribution in [2.24, 2.45) is 0 Å². The second-order valence-electron chi connectivity index (χ2n) is 4.31. The van der Waals surface area contributed by atoms with Gasteiger partial charge in [-0.2, -0.15) is 0 Å². The second kappa shape index (κ2) is 4.97. The normalized spacial score (nSPS) is 13.7. The summed E-state index contributed by atoms with van der Waals surface area (Å²) in [5.41, 5.74) is 1.39. The molecular formula is C14H10FN2O2S+. The van der Waals surface area contributed by atoms with E-state index in [1.165, 1.54) is 23.1 Å². The number of benzene rings is 2. The van der Waals surface area contributed by atoms with Crippen LogP contribution in [0.5, 0.6) is 0 Å². The Morgan fingerprint density at radius 1 is 1.20 bits per heavy atom. The van der Waals surface area contributed by atoms with Crippen molar-refractivity contribution in [3.05, 3.63) is 53.8 Å². The number of amides is 1. The molecule has 0 unspecified atom stereocenters. The molecule has 1 aliphatic rings. The SMILES string of the molecule is O=[S+]c1ccccc1N1CNc2ccc(F)cc2C1=O. The molecule has 2 aromatic carbocycles. The minimum Gasteiger partial charge on any atom is -0.367 e. The van der Waals surface area contributed by atoms with Crippen LogP contribution < -0.4 is 10.2 Å². The van der Waals surface area contributed by atoms with Gasteiger partial charge in [0.05, 0.1) is 12.2 Å². The number of carbonyl (C=O) groups excluding carboxylic acids is 1. The number of anilines is 2. The molecule has 6 heteroatoms. The fourth-order valence-electron chi connectivity index (χ4n) is 2.17. The first-order valence-electron chi connectivity index (χ1n) is 5.95. The maximum absolute atomic E-state index is 13.3. The maximum Gasteiger partial charge on any atom is 0.507 e. The Hall–Kier alpha value is -2.34. The lowest BCUT2D eigenvalue weighted by Crippen LogP contribution is -2.40. The summed E-state index contributed by atoms with van der Waals surface area (Å²) in [6.45, 7) is 0.245. The molecule has 0 saturated heterocycles. The van der Waals surface area contributed by atoms with E-state index < -0.39 is 5.82 Å². The Morgan fingerprint density at radius 3 is 2.80 bits per heavy atom. The molecule has 4 nitrogen and oxygen atoms in total. The van der Waals surface area contributed by atoms with Gasteiger partial charge in [0, 0.05) is 16.0 Å². The fourth-order valence-corrected chi connectivity index (χ4v) is 2.57. The number of hydrogen-bond donors (Lipinski definition) is 1. The van der Waals surface area contributed by atoms with Crippen LogP contribution in [0.4, 0.5) is 15.8 Å². The van der Waals surface area contributed by atoms with Crippen LogP contribution in [0.2, 0.25) is 0 Å². The van der Waals surface area contributed by atoms with Gasteiger partial charge in [-0.15, -0.1) is 0 Å². The number of para-hydroxylation sites is 1. The summed E-state index contributed by atoms with van der Waals surface area (Å²) in [5, 5.41) is 3.05. The number of nitrogens with one attached hydrogen (secondary N) is 1. The zero-order chi connectivity index (χ0) is 14.1.